The zero-order chi connectivity index (χ0) is 12.6. The monoisotopic (exact) mass is 238 g/mol. The highest BCUT2D eigenvalue weighted by atomic mass is 19.2. The minimum atomic E-state index is -0.735. The molecule has 2 rings (SSSR count). The molecule has 0 N–H and O–H groups in total. The maximum atomic E-state index is 13.6. The Morgan fingerprint density at radius 2 is 1.94 bits per heavy atom. The van der Waals surface area contributed by atoms with E-state index in [0.29, 0.717) is 16.9 Å². The molecular formula is C15H20F2. The van der Waals surface area contributed by atoms with E-state index in [1.165, 1.54) is 18.9 Å². The summed E-state index contributed by atoms with van der Waals surface area (Å²) in [6.45, 7) is 6.21. The van der Waals surface area contributed by atoms with Gasteiger partial charge in [-0.1, -0.05) is 26.3 Å². The molecule has 17 heavy (non-hydrogen) atoms. The molecule has 1 aromatic rings. The lowest BCUT2D eigenvalue weighted by molar-refractivity contribution is 0.219. The minimum absolute atomic E-state index is 0.320. The molecule has 0 aromatic heterocycles. The standard InChI is InChI=1S/C15H20F2/c1-10-12(6-7-13(16)14(10)17)11-5-4-8-15(2,3)9-11/h6-7,11H,4-5,8-9H2,1-3H3. The molecule has 1 saturated carbocycles. The lowest BCUT2D eigenvalue weighted by Crippen LogP contribution is -2.22. The topological polar surface area (TPSA) is 0 Å². The fourth-order valence-corrected chi connectivity index (χ4v) is 3.07. The highest BCUT2D eigenvalue weighted by Crippen LogP contribution is 2.44. The van der Waals surface area contributed by atoms with Crippen LogP contribution in [0.25, 0.3) is 0 Å². The first-order chi connectivity index (χ1) is 7.91. The molecule has 2 heteroatoms. The second-order valence-corrected chi connectivity index (χ2v) is 6.03. The first kappa shape index (κ1) is 12.5. The van der Waals surface area contributed by atoms with Crippen LogP contribution in [0.3, 0.4) is 0 Å². The average molecular weight is 238 g/mol. The third kappa shape index (κ3) is 2.51. The van der Waals surface area contributed by atoms with Gasteiger partial charge in [0.25, 0.3) is 0 Å². The van der Waals surface area contributed by atoms with Gasteiger partial charge in [0.05, 0.1) is 0 Å². The molecule has 0 bridgehead atoms. The maximum absolute atomic E-state index is 13.6. The fourth-order valence-electron chi connectivity index (χ4n) is 3.07. The van der Waals surface area contributed by atoms with Gasteiger partial charge in [-0.2, -0.15) is 0 Å². The molecular weight excluding hydrogens is 218 g/mol. The van der Waals surface area contributed by atoms with Crippen molar-refractivity contribution in [2.45, 2.75) is 52.4 Å². The van der Waals surface area contributed by atoms with E-state index in [-0.39, 0.29) is 0 Å². The molecule has 1 aliphatic rings. The quantitative estimate of drug-likeness (QED) is 0.649. The van der Waals surface area contributed by atoms with Gasteiger partial charge in [0, 0.05) is 0 Å². The Morgan fingerprint density at radius 3 is 2.59 bits per heavy atom. The summed E-state index contributed by atoms with van der Waals surface area (Å²) < 4.78 is 26.7. The van der Waals surface area contributed by atoms with E-state index in [1.54, 1.807) is 13.0 Å². The third-order valence-electron chi connectivity index (χ3n) is 4.03. The van der Waals surface area contributed by atoms with Crippen molar-refractivity contribution in [3.63, 3.8) is 0 Å². The van der Waals surface area contributed by atoms with E-state index in [1.807, 2.05) is 0 Å². The Hall–Kier alpha value is -0.920. The summed E-state index contributed by atoms with van der Waals surface area (Å²) in [7, 11) is 0. The normalized spacial score (nSPS) is 23.7. The van der Waals surface area contributed by atoms with Gasteiger partial charge in [-0.15, -0.1) is 0 Å². The van der Waals surface area contributed by atoms with Crippen LogP contribution in [-0.4, -0.2) is 0 Å². The van der Waals surface area contributed by atoms with E-state index in [0.717, 1.165) is 18.4 Å². The molecule has 0 saturated heterocycles. The SMILES string of the molecule is Cc1c(C2CCCC(C)(C)C2)ccc(F)c1F. The van der Waals surface area contributed by atoms with Crippen LogP contribution in [0.15, 0.2) is 12.1 Å². The third-order valence-corrected chi connectivity index (χ3v) is 4.03. The van der Waals surface area contributed by atoms with Crippen LogP contribution in [0.5, 0.6) is 0 Å². The Morgan fingerprint density at radius 1 is 1.24 bits per heavy atom. The van der Waals surface area contributed by atoms with Gasteiger partial charge in [0.2, 0.25) is 0 Å². The molecule has 0 radical (unpaired) electrons. The maximum Gasteiger partial charge on any atom is 0.162 e. The van der Waals surface area contributed by atoms with Crippen LogP contribution in [0.2, 0.25) is 0 Å². The zero-order valence-corrected chi connectivity index (χ0v) is 10.8. The Balaban J connectivity index is 2.31. The van der Waals surface area contributed by atoms with E-state index in [9.17, 15) is 8.78 Å². The second kappa shape index (κ2) is 4.40. The van der Waals surface area contributed by atoms with Crippen molar-refractivity contribution in [2.75, 3.05) is 0 Å². The summed E-state index contributed by atoms with van der Waals surface area (Å²) in [5.74, 6) is -1.03. The van der Waals surface area contributed by atoms with Crippen LogP contribution >= 0.6 is 0 Å². The summed E-state index contributed by atoms with van der Waals surface area (Å²) in [6, 6.07) is 3.03. The molecule has 1 aromatic carbocycles. The van der Waals surface area contributed by atoms with Crippen LogP contribution in [0.4, 0.5) is 8.78 Å². The number of benzene rings is 1. The molecule has 0 aliphatic heterocycles. The molecule has 0 spiro atoms. The molecule has 1 atom stereocenters. The predicted octanol–water partition coefficient (Wildman–Crippen LogP) is 4.96. The van der Waals surface area contributed by atoms with Crippen LogP contribution in [0.1, 0.15) is 56.6 Å². The van der Waals surface area contributed by atoms with Crippen molar-refractivity contribution in [3.05, 3.63) is 34.9 Å². The summed E-state index contributed by atoms with van der Waals surface area (Å²) >= 11 is 0. The number of hydrogen-bond donors (Lipinski definition) is 0. The van der Waals surface area contributed by atoms with Crippen LogP contribution in [0, 0.1) is 24.0 Å². The van der Waals surface area contributed by atoms with E-state index in [2.05, 4.69) is 13.8 Å². The van der Waals surface area contributed by atoms with Crippen molar-refractivity contribution in [1.29, 1.82) is 0 Å². The van der Waals surface area contributed by atoms with Gasteiger partial charge in [-0.3, -0.25) is 0 Å². The average Bonchev–Trinajstić information content (AvgIpc) is 2.25. The van der Waals surface area contributed by atoms with Crippen molar-refractivity contribution >= 4 is 0 Å². The van der Waals surface area contributed by atoms with E-state index < -0.39 is 11.6 Å². The molecule has 1 aliphatic carbocycles. The molecule has 0 amide bonds. The fraction of sp³-hybridized carbons (Fsp3) is 0.600. The Labute approximate surface area is 102 Å². The smallest absolute Gasteiger partial charge is 0.162 e. The van der Waals surface area contributed by atoms with Crippen molar-refractivity contribution < 1.29 is 8.78 Å². The molecule has 1 fully saturated rings. The summed E-state index contributed by atoms with van der Waals surface area (Å²) in [6.07, 6.45) is 4.57. The first-order valence-electron chi connectivity index (χ1n) is 6.35. The second-order valence-electron chi connectivity index (χ2n) is 6.03. The van der Waals surface area contributed by atoms with Crippen LogP contribution < -0.4 is 0 Å². The van der Waals surface area contributed by atoms with E-state index >= 15 is 0 Å². The minimum Gasteiger partial charge on any atom is -0.204 e. The summed E-state index contributed by atoms with van der Waals surface area (Å²) in [5.41, 5.74) is 1.81. The molecule has 94 valence electrons. The van der Waals surface area contributed by atoms with Gasteiger partial charge in [0.15, 0.2) is 11.6 Å². The highest BCUT2D eigenvalue weighted by Gasteiger charge is 2.30. The summed E-state index contributed by atoms with van der Waals surface area (Å²) in [5, 5.41) is 0. The van der Waals surface area contributed by atoms with Gasteiger partial charge in [0.1, 0.15) is 0 Å². The molecule has 0 heterocycles. The lowest BCUT2D eigenvalue weighted by atomic mass is 9.69. The van der Waals surface area contributed by atoms with Crippen molar-refractivity contribution in [3.8, 4) is 0 Å². The zero-order valence-electron chi connectivity index (χ0n) is 10.8. The van der Waals surface area contributed by atoms with Gasteiger partial charge in [-0.05, 0) is 54.7 Å². The first-order valence-corrected chi connectivity index (χ1v) is 6.35. The number of hydrogen-bond acceptors (Lipinski definition) is 0. The highest BCUT2D eigenvalue weighted by molar-refractivity contribution is 5.32. The number of halogens is 2. The largest absolute Gasteiger partial charge is 0.204 e. The Bertz CT molecular complexity index is 421. The van der Waals surface area contributed by atoms with Crippen molar-refractivity contribution in [1.82, 2.24) is 0 Å². The van der Waals surface area contributed by atoms with Crippen molar-refractivity contribution in [2.24, 2.45) is 5.41 Å². The van der Waals surface area contributed by atoms with Crippen LogP contribution in [-0.2, 0) is 0 Å². The predicted molar refractivity (Wildman–Crippen MR) is 66.1 cm³/mol. The van der Waals surface area contributed by atoms with Gasteiger partial charge >= 0.3 is 0 Å². The molecule has 1 unspecified atom stereocenters. The molecule has 0 nitrogen and oxygen atoms in total. The van der Waals surface area contributed by atoms with Gasteiger partial charge in [-0.25, -0.2) is 8.78 Å². The Kier molecular flexibility index (Phi) is 3.24. The van der Waals surface area contributed by atoms with E-state index in [4.69, 9.17) is 0 Å². The van der Waals surface area contributed by atoms with Gasteiger partial charge < -0.3 is 0 Å². The number of rotatable bonds is 1. The summed E-state index contributed by atoms with van der Waals surface area (Å²) in [4.78, 5) is 0. The lowest BCUT2D eigenvalue weighted by Gasteiger charge is -2.36.